The van der Waals surface area contributed by atoms with E-state index in [0.29, 0.717) is 28.2 Å². The molecule has 4 rings (SSSR count). The number of anilines is 1. The number of nitrogens with one attached hydrogen (secondary N) is 1. The van der Waals surface area contributed by atoms with E-state index >= 15 is 0 Å². The number of halogens is 6. The molecule has 9 nitrogen and oxygen atoms in total. The molecule has 15 heteroatoms. The molecule has 0 bridgehead atoms. The van der Waals surface area contributed by atoms with Crippen LogP contribution in [0.4, 0.5) is 32.0 Å². The van der Waals surface area contributed by atoms with Crippen LogP contribution in [0.2, 0.25) is 0 Å². The number of pyridine rings is 2. The lowest BCUT2D eigenvalue weighted by Crippen LogP contribution is -2.49. The third-order valence-corrected chi connectivity index (χ3v) is 6.80. The molecule has 2 amide bonds. The van der Waals surface area contributed by atoms with Crippen LogP contribution >= 0.6 is 0 Å². The number of aromatic nitrogens is 4. The van der Waals surface area contributed by atoms with Gasteiger partial charge in [-0.25, -0.2) is 9.50 Å². The predicted molar refractivity (Wildman–Crippen MR) is 130 cm³/mol. The average molecular weight is 573 g/mol. The van der Waals surface area contributed by atoms with E-state index in [-0.39, 0.29) is 19.4 Å². The van der Waals surface area contributed by atoms with Crippen molar-refractivity contribution in [3.8, 4) is 5.75 Å². The molecular formula is C25H26F6N6O3. The summed E-state index contributed by atoms with van der Waals surface area (Å²) >= 11 is 0. The van der Waals surface area contributed by atoms with Crippen molar-refractivity contribution < 1.29 is 40.7 Å². The molecule has 0 spiro atoms. The van der Waals surface area contributed by atoms with Crippen LogP contribution in [0.15, 0.2) is 30.9 Å². The zero-order valence-corrected chi connectivity index (χ0v) is 21.7. The minimum atomic E-state index is -5.59. The van der Waals surface area contributed by atoms with Crippen LogP contribution in [0.5, 0.6) is 5.75 Å². The van der Waals surface area contributed by atoms with Crippen molar-refractivity contribution in [3.63, 3.8) is 0 Å². The van der Waals surface area contributed by atoms with Crippen LogP contribution in [-0.4, -0.2) is 67.3 Å². The summed E-state index contributed by atoms with van der Waals surface area (Å²) in [5.74, 6) is -5.08. The zero-order valence-electron chi connectivity index (χ0n) is 21.7. The summed E-state index contributed by atoms with van der Waals surface area (Å²) in [5.41, 5.74) is 2.32. The van der Waals surface area contributed by atoms with Gasteiger partial charge in [-0.15, -0.1) is 0 Å². The average Bonchev–Trinajstić information content (AvgIpc) is 3.32. The number of ether oxygens (including phenoxy) is 1. The molecule has 0 radical (unpaired) electrons. The number of hydrogen-bond acceptors (Lipinski definition) is 6. The summed E-state index contributed by atoms with van der Waals surface area (Å²) < 4.78 is 85.3. The lowest BCUT2D eigenvalue weighted by Gasteiger charge is -2.38. The Bertz CT molecular complexity index is 1370. The largest absolute Gasteiger partial charge is 0.486 e. The number of carbonyl (C=O) groups excluding carboxylic acids is 2. The van der Waals surface area contributed by atoms with Gasteiger partial charge >= 0.3 is 12.4 Å². The van der Waals surface area contributed by atoms with E-state index in [2.05, 4.69) is 20.4 Å². The van der Waals surface area contributed by atoms with E-state index in [0.717, 1.165) is 10.6 Å². The van der Waals surface area contributed by atoms with Crippen LogP contribution in [0.1, 0.15) is 47.8 Å². The van der Waals surface area contributed by atoms with Gasteiger partial charge in [0.1, 0.15) is 12.4 Å². The summed E-state index contributed by atoms with van der Waals surface area (Å²) in [7, 11) is 0. The maximum absolute atomic E-state index is 13.0. The molecule has 2 atom stereocenters. The summed E-state index contributed by atoms with van der Waals surface area (Å²) in [6, 6.07) is 2.64. The van der Waals surface area contributed by atoms with Crippen molar-refractivity contribution in [1.29, 1.82) is 0 Å². The number of aryl methyl sites for hydroxylation is 1. The maximum Gasteiger partial charge on any atom is 0.400 e. The number of nitrogens with zero attached hydrogens (tertiary/aromatic N) is 5. The molecule has 4 heterocycles. The van der Waals surface area contributed by atoms with Gasteiger partial charge < -0.3 is 15.0 Å². The molecule has 1 fully saturated rings. The molecule has 1 aliphatic rings. The second-order valence-corrected chi connectivity index (χ2v) is 9.71. The highest BCUT2D eigenvalue weighted by molar-refractivity contribution is 6.04. The zero-order chi connectivity index (χ0) is 29.4. The fraction of sp³-hybridized carbons (Fsp3) is 0.480. The van der Waals surface area contributed by atoms with Crippen LogP contribution < -0.4 is 10.1 Å². The van der Waals surface area contributed by atoms with Gasteiger partial charge in [0.25, 0.3) is 5.91 Å². The molecule has 40 heavy (non-hydrogen) atoms. The van der Waals surface area contributed by atoms with Crippen molar-refractivity contribution in [2.75, 3.05) is 11.9 Å². The summed E-state index contributed by atoms with van der Waals surface area (Å²) in [6.45, 7) is 4.93. The highest BCUT2D eigenvalue weighted by Crippen LogP contribution is 2.42. The molecule has 216 valence electrons. The Hall–Kier alpha value is -3.91. The molecule has 1 N–H and O–H groups in total. The summed E-state index contributed by atoms with van der Waals surface area (Å²) in [6.07, 6.45) is -8.82. The third-order valence-electron chi connectivity index (χ3n) is 6.80. The van der Waals surface area contributed by atoms with E-state index in [1.54, 1.807) is 32.2 Å². The van der Waals surface area contributed by atoms with Gasteiger partial charge in [-0.1, -0.05) is 0 Å². The number of amides is 2. The molecule has 1 aliphatic heterocycles. The second-order valence-electron chi connectivity index (χ2n) is 9.71. The number of hydrogen-bond donors (Lipinski definition) is 1. The summed E-state index contributed by atoms with van der Waals surface area (Å²) in [4.78, 5) is 34.6. The third kappa shape index (κ3) is 6.28. The Kier molecular flexibility index (Phi) is 7.94. The molecular weight excluding hydrogens is 546 g/mol. The van der Waals surface area contributed by atoms with E-state index in [4.69, 9.17) is 4.74 Å². The molecule has 0 unspecified atom stereocenters. The number of rotatable bonds is 6. The molecule has 0 aromatic carbocycles. The smallest absolute Gasteiger partial charge is 0.400 e. The lowest BCUT2D eigenvalue weighted by molar-refractivity contribution is -0.285. The van der Waals surface area contributed by atoms with Crippen LogP contribution in [0.3, 0.4) is 0 Å². The highest BCUT2D eigenvalue weighted by atomic mass is 19.4. The van der Waals surface area contributed by atoms with Crippen molar-refractivity contribution in [3.05, 3.63) is 47.7 Å². The van der Waals surface area contributed by atoms with Crippen molar-refractivity contribution in [2.45, 2.75) is 64.5 Å². The maximum atomic E-state index is 13.0. The van der Waals surface area contributed by atoms with E-state index in [1.807, 2.05) is 0 Å². The monoisotopic (exact) mass is 572 g/mol. The van der Waals surface area contributed by atoms with Gasteiger partial charge in [0, 0.05) is 49.3 Å². The van der Waals surface area contributed by atoms with Crippen molar-refractivity contribution >= 4 is 23.1 Å². The molecule has 0 aliphatic carbocycles. The Morgan fingerprint density at radius 2 is 1.82 bits per heavy atom. The number of fused-ring (bicyclic) bond motifs is 1. The first kappa shape index (κ1) is 29.1. The Morgan fingerprint density at radius 3 is 2.42 bits per heavy atom. The van der Waals surface area contributed by atoms with E-state index in [9.17, 15) is 35.9 Å². The molecule has 0 saturated carbocycles. The van der Waals surface area contributed by atoms with Gasteiger partial charge in [0.2, 0.25) is 5.91 Å². The fourth-order valence-electron chi connectivity index (χ4n) is 4.56. The summed E-state index contributed by atoms with van der Waals surface area (Å²) in [5, 5.41) is 6.90. The number of likely N-dealkylation sites (tertiary alicyclic amines) is 1. The quantitative estimate of drug-likeness (QED) is 0.423. The Labute approximate surface area is 224 Å². The second kappa shape index (κ2) is 10.9. The fourth-order valence-corrected chi connectivity index (χ4v) is 4.56. The lowest BCUT2D eigenvalue weighted by atomic mass is 9.97. The van der Waals surface area contributed by atoms with Crippen LogP contribution in [0.25, 0.3) is 5.65 Å². The van der Waals surface area contributed by atoms with Crippen molar-refractivity contribution in [2.24, 2.45) is 5.92 Å². The number of alkyl halides is 6. The molecule has 1 saturated heterocycles. The number of piperidine rings is 1. The van der Waals surface area contributed by atoms with E-state index in [1.165, 1.54) is 24.0 Å². The van der Waals surface area contributed by atoms with Gasteiger partial charge in [-0.05, 0) is 32.9 Å². The van der Waals surface area contributed by atoms with Gasteiger partial charge in [0.15, 0.2) is 17.3 Å². The topological polar surface area (TPSA) is 102 Å². The normalized spacial score (nSPS) is 18.3. The molecule has 3 aromatic rings. The Balaban J connectivity index is 1.49. The first-order valence-electron chi connectivity index (χ1n) is 12.3. The minimum Gasteiger partial charge on any atom is -0.486 e. The molecule has 3 aromatic heterocycles. The Morgan fingerprint density at radius 1 is 1.12 bits per heavy atom. The first-order chi connectivity index (χ1) is 18.6. The first-order valence-corrected chi connectivity index (χ1v) is 12.3. The van der Waals surface area contributed by atoms with Gasteiger partial charge in [0.05, 0.1) is 17.4 Å². The van der Waals surface area contributed by atoms with Gasteiger partial charge in [-0.3, -0.25) is 14.6 Å². The minimum absolute atomic E-state index is 0.0913. The predicted octanol–water partition coefficient (Wildman–Crippen LogP) is 4.88. The van der Waals surface area contributed by atoms with Crippen LogP contribution in [0, 0.1) is 19.8 Å². The number of carbonyl (C=O) groups is 2. The van der Waals surface area contributed by atoms with E-state index < -0.39 is 48.7 Å². The highest BCUT2D eigenvalue weighted by Gasteiger charge is 2.57. The van der Waals surface area contributed by atoms with Crippen molar-refractivity contribution in [1.82, 2.24) is 24.5 Å². The standard InChI is InChI=1S/C25H26F6N6O3/c1-13-4-5-16(10-32-13)23(39)35-18-11-37-22(33-12-34-37)21(15(18)3)40-17-6-7-36(14(2)8-17)20(38)9-19(24(26,27)28)25(29,30)31/h4-5,10-12,14,17,19H,6-9H2,1-3H3,(H,35,39)/t14-,17+/m0/s1. The van der Waals surface area contributed by atoms with Crippen LogP contribution in [-0.2, 0) is 4.79 Å². The SMILES string of the molecule is Cc1ccc(C(=O)Nc2cn3ncnc3c(O[C@@H]3CCN(C(=O)CC(C(F)(F)F)C(F)(F)F)[C@@H](C)C3)c2C)cn1. The van der Waals surface area contributed by atoms with Gasteiger partial charge in [-0.2, -0.15) is 31.4 Å².